The van der Waals surface area contributed by atoms with Gasteiger partial charge in [0.2, 0.25) is 0 Å². The molecule has 0 aliphatic carbocycles. The molecule has 0 saturated carbocycles. The van der Waals surface area contributed by atoms with Crippen molar-refractivity contribution in [1.29, 1.82) is 0 Å². The topological polar surface area (TPSA) is 57.0 Å². The van der Waals surface area contributed by atoms with Gasteiger partial charge < -0.3 is 4.74 Å². The van der Waals surface area contributed by atoms with Crippen molar-refractivity contribution in [3.63, 3.8) is 0 Å². The first-order valence-corrected chi connectivity index (χ1v) is 8.06. The van der Waals surface area contributed by atoms with Crippen LogP contribution in [0.25, 0.3) is 11.0 Å². The lowest BCUT2D eigenvalue weighted by molar-refractivity contribution is 0.0823. The van der Waals surface area contributed by atoms with Crippen LogP contribution < -0.4 is 4.74 Å². The third-order valence-electron chi connectivity index (χ3n) is 3.36. The minimum absolute atomic E-state index is 0.135. The van der Waals surface area contributed by atoms with Gasteiger partial charge in [-0.3, -0.25) is 4.79 Å². The number of carbonyl (C=O) groups is 1. The molecule has 7 heteroatoms. The van der Waals surface area contributed by atoms with Crippen molar-refractivity contribution in [2.45, 2.75) is 13.8 Å². The first-order chi connectivity index (χ1) is 11.0. The molecule has 0 spiro atoms. The number of fused-ring (bicyclic) bond motifs is 1. The van der Waals surface area contributed by atoms with Gasteiger partial charge in [0.15, 0.2) is 6.61 Å². The number of rotatable bonds is 3. The SMILES string of the molecule is Cc1cc(C)c(OCC(=O)n2nnc3cc(Cl)ccc32)c(Br)c1. The van der Waals surface area contributed by atoms with Crippen LogP contribution >= 0.6 is 27.5 Å². The van der Waals surface area contributed by atoms with E-state index in [4.69, 9.17) is 16.3 Å². The number of benzene rings is 2. The summed E-state index contributed by atoms with van der Waals surface area (Å²) in [6.45, 7) is 3.80. The molecule has 5 nitrogen and oxygen atoms in total. The van der Waals surface area contributed by atoms with Gasteiger partial charge in [-0.2, -0.15) is 4.68 Å². The van der Waals surface area contributed by atoms with E-state index in [0.29, 0.717) is 21.8 Å². The Morgan fingerprint density at radius 2 is 2.09 bits per heavy atom. The molecule has 0 unspecified atom stereocenters. The molecule has 0 radical (unpaired) electrons. The van der Waals surface area contributed by atoms with Crippen LogP contribution in [0.4, 0.5) is 0 Å². The second-order valence-electron chi connectivity index (χ2n) is 5.21. The summed E-state index contributed by atoms with van der Waals surface area (Å²) in [5.41, 5.74) is 3.24. The van der Waals surface area contributed by atoms with E-state index in [1.807, 2.05) is 26.0 Å². The molecule has 0 aliphatic heterocycles. The molecular formula is C16H13BrClN3O2. The number of aryl methyl sites for hydroxylation is 2. The Labute approximate surface area is 146 Å². The van der Waals surface area contributed by atoms with E-state index < -0.39 is 0 Å². The largest absolute Gasteiger partial charge is 0.482 e. The van der Waals surface area contributed by atoms with Crippen molar-refractivity contribution < 1.29 is 9.53 Å². The summed E-state index contributed by atoms with van der Waals surface area (Å²) in [6, 6.07) is 9.01. The van der Waals surface area contributed by atoms with Crippen LogP contribution in [0.15, 0.2) is 34.8 Å². The number of ether oxygens (including phenoxy) is 1. The second-order valence-corrected chi connectivity index (χ2v) is 6.50. The Hall–Kier alpha value is -1.92. The molecule has 0 aliphatic rings. The van der Waals surface area contributed by atoms with Crippen LogP contribution in [-0.4, -0.2) is 27.5 Å². The van der Waals surface area contributed by atoms with Crippen molar-refractivity contribution in [2.75, 3.05) is 6.61 Å². The summed E-state index contributed by atoms with van der Waals surface area (Å²) in [5.74, 6) is 0.345. The van der Waals surface area contributed by atoms with Gasteiger partial charge in [-0.05, 0) is 65.2 Å². The predicted molar refractivity (Wildman–Crippen MR) is 92.3 cm³/mol. The van der Waals surface area contributed by atoms with Gasteiger partial charge in [-0.15, -0.1) is 5.10 Å². The summed E-state index contributed by atoms with van der Waals surface area (Å²) < 4.78 is 7.71. The minimum Gasteiger partial charge on any atom is -0.482 e. The lowest BCUT2D eigenvalue weighted by Crippen LogP contribution is -2.21. The highest BCUT2D eigenvalue weighted by Crippen LogP contribution is 2.30. The van der Waals surface area contributed by atoms with E-state index in [9.17, 15) is 4.79 Å². The van der Waals surface area contributed by atoms with Gasteiger partial charge in [0.25, 0.3) is 5.91 Å². The zero-order valence-corrected chi connectivity index (χ0v) is 14.8. The molecule has 1 heterocycles. The molecule has 118 valence electrons. The first-order valence-electron chi connectivity index (χ1n) is 6.89. The molecule has 0 bridgehead atoms. The van der Waals surface area contributed by atoms with Crippen LogP contribution in [0.1, 0.15) is 15.9 Å². The molecular weight excluding hydrogens is 382 g/mol. The van der Waals surface area contributed by atoms with E-state index in [-0.39, 0.29) is 12.5 Å². The van der Waals surface area contributed by atoms with Crippen LogP contribution in [0.5, 0.6) is 5.75 Å². The Morgan fingerprint density at radius 3 is 2.83 bits per heavy atom. The van der Waals surface area contributed by atoms with Gasteiger partial charge in [0, 0.05) is 5.02 Å². The quantitative estimate of drug-likeness (QED) is 0.668. The summed E-state index contributed by atoms with van der Waals surface area (Å²) in [7, 11) is 0. The molecule has 0 atom stereocenters. The van der Waals surface area contributed by atoms with E-state index >= 15 is 0 Å². The van der Waals surface area contributed by atoms with Crippen LogP contribution in [0.2, 0.25) is 5.02 Å². The van der Waals surface area contributed by atoms with E-state index in [2.05, 4.69) is 26.2 Å². The number of aromatic nitrogens is 3. The maximum atomic E-state index is 12.4. The average Bonchev–Trinajstić information content (AvgIpc) is 2.88. The predicted octanol–water partition coefficient (Wildman–Crippen LogP) is 4.18. The number of hydrogen-bond donors (Lipinski definition) is 0. The van der Waals surface area contributed by atoms with Crippen LogP contribution in [-0.2, 0) is 0 Å². The average molecular weight is 395 g/mol. The number of nitrogens with zero attached hydrogens (tertiary/aromatic N) is 3. The van der Waals surface area contributed by atoms with Gasteiger partial charge in [0.1, 0.15) is 11.3 Å². The molecule has 0 amide bonds. The normalized spacial score (nSPS) is 11.0. The van der Waals surface area contributed by atoms with Gasteiger partial charge in [0.05, 0.1) is 9.99 Å². The maximum Gasteiger partial charge on any atom is 0.286 e. The van der Waals surface area contributed by atoms with E-state index in [1.165, 1.54) is 4.68 Å². The highest BCUT2D eigenvalue weighted by Gasteiger charge is 2.15. The molecule has 2 aromatic carbocycles. The Bertz CT molecular complexity index is 884. The summed E-state index contributed by atoms with van der Waals surface area (Å²) >= 11 is 9.36. The van der Waals surface area contributed by atoms with E-state index in [0.717, 1.165) is 15.6 Å². The number of carbonyl (C=O) groups excluding carboxylic acids is 1. The summed E-state index contributed by atoms with van der Waals surface area (Å²) in [6.07, 6.45) is 0. The summed E-state index contributed by atoms with van der Waals surface area (Å²) in [4.78, 5) is 12.4. The van der Waals surface area contributed by atoms with Gasteiger partial charge >= 0.3 is 0 Å². The first kappa shape index (κ1) is 16.0. The smallest absolute Gasteiger partial charge is 0.286 e. The van der Waals surface area contributed by atoms with Crippen LogP contribution in [0.3, 0.4) is 0 Å². The zero-order valence-electron chi connectivity index (χ0n) is 12.5. The highest BCUT2D eigenvalue weighted by atomic mass is 79.9. The standard InChI is InChI=1S/C16H13BrClN3O2/c1-9-5-10(2)16(12(17)6-9)23-8-15(22)21-14-4-3-11(18)7-13(14)19-20-21/h3-7H,8H2,1-2H3. The number of halogens is 2. The minimum atomic E-state index is -0.304. The molecule has 0 saturated heterocycles. The fourth-order valence-electron chi connectivity index (χ4n) is 2.36. The molecule has 3 aromatic rings. The van der Waals surface area contributed by atoms with Gasteiger partial charge in [-0.25, -0.2) is 0 Å². The Kier molecular flexibility index (Phi) is 4.37. The van der Waals surface area contributed by atoms with E-state index in [1.54, 1.807) is 18.2 Å². The lowest BCUT2D eigenvalue weighted by atomic mass is 10.1. The zero-order chi connectivity index (χ0) is 16.6. The second kappa shape index (κ2) is 6.29. The maximum absolute atomic E-state index is 12.4. The van der Waals surface area contributed by atoms with Crippen molar-refractivity contribution in [3.05, 3.63) is 51.0 Å². The van der Waals surface area contributed by atoms with Crippen molar-refractivity contribution in [1.82, 2.24) is 15.0 Å². The Morgan fingerprint density at radius 1 is 1.30 bits per heavy atom. The van der Waals surface area contributed by atoms with Crippen LogP contribution in [0, 0.1) is 13.8 Å². The fourth-order valence-corrected chi connectivity index (χ4v) is 3.32. The molecule has 0 fully saturated rings. The fraction of sp³-hybridized carbons (Fsp3) is 0.188. The lowest BCUT2D eigenvalue weighted by Gasteiger charge is -2.11. The van der Waals surface area contributed by atoms with Gasteiger partial charge in [-0.1, -0.05) is 22.9 Å². The molecule has 23 heavy (non-hydrogen) atoms. The molecule has 1 aromatic heterocycles. The van der Waals surface area contributed by atoms with Crippen molar-refractivity contribution in [3.8, 4) is 5.75 Å². The molecule has 0 N–H and O–H groups in total. The monoisotopic (exact) mass is 393 g/mol. The summed E-state index contributed by atoms with van der Waals surface area (Å²) in [5, 5.41) is 8.37. The Balaban J connectivity index is 1.82. The molecule has 3 rings (SSSR count). The third kappa shape index (κ3) is 3.23. The number of hydrogen-bond acceptors (Lipinski definition) is 4. The highest BCUT2D eigenvalue weighted by molar-refractivity contribution is 9.10. The third-order valence-corrected chi connectivity index (χ3v) is 4.18. The van der Waals surface area contributed by atoms with Crippen molar-refractivity contribution in [2.24, 2.45) is 0 Å². The van der Waals surface area contributed by atoms with Crippen molar-refractivity contribution >= 4 is 44.5 Å².